The molecule has 0 amide bonds. The molecule has 0 N–H and O–H groups in total. The molecular formula is C27H29NO3. The maximum atomic E-state index is 12.4. The standard InChI is InChI=1S/C27H29NO3/c1-16-4-3-5-18(12-16)19-6-7-21(28-15-19)8-10-24-23-11-9-22(29)13-20(23)14-25-26(24)17(2)31-27(25)30/h3-8,10,12,15,17,20,23-26H,9,11,13-14H2,1-2H3/b10-8+/t17-,20+,23-,24+,25-,26+/m1/s1. The predicted molar refractivity (Wildman–Crippen MR) is 120 cm³/mol. The molecule has 4 nitrogen and oxygen atoms in total. The van der Waals surface area contributed by atoms with Gasteiger partial charge in [-0.2, -0.15) is 0 Å². The number of rotatable bonds is 3. The minimum Gasteiger partial charge on any atom is -0.462 e. The number of ketones is 1. The van der Waals surface area contributed by atoms with Crippen molar-refractivity contribution in [3.8, 4) is 11.1 Å². The monoisotopic (exact) mass is 415 g/mol. The first-order valence-electron chi connectivity index (χ1n) is 11.4. The summed E-state index contributed by atoms with van der Waals surface area (Å²) in [5.74, 6) is 1.38. The van der Waals surface area contributed by atoms with Crippen molar-refractivity contribution in [2.45, 2.75) is 45.6 Å². The number of nitrogens with zero attached hydrogens (tertiary/aromatic N) is 1. The minimum absolute atomic E-state index is 0.0672. The van der Waals surface area contributed by atoms with Gasteiger partial charge in [0.2, 0.25) is 0 Å². The molecule has 1 aliphatic heterocycles. The van der Waals surface area contributed by atoms with E-state index in [-0.39, 0.29) is 29.8 Å². The van der Waals surface area contributed by atoms with Crippen molar-refractivity contribution in [2.24, 2.45) is 29.6 Å². The van der Waals surface area contributed by atoms with Crippen LogP contribution in [0.25, 0.3) is 17.2 Å². The third kappa shape index (κ3) is 3.84. The molecule has 31 heavy (non-hydrogen) atoms. The average Bonchev–Trinajstić information content (AvgIpc) is 3.04. The maximum Gasteiger partial charge on any atom is 0.309 e. The van der Waals surface area contributed by atoms with Gasteiger partial charge in [0.15, 0.2) is 0 Å². The molecule has 6 atom stereocenters. The zero-order chi connectivity index (χ0) is 21.5. The number of carbonyl (C=O) groups is 2. The molecule has 4 heteroatoms. The van der Waals surface area contributed by atoms with Crippen molar-refractivity contribution < 1.29 is 14.3 Å². The predicted octanol–water partition coefficient (Wildman–Crippen LogP) is 5.25. The van der Waals surface area contributed by atoms with E-state index in [9.17, 15) is 9.59 Å². The van der Waals surface area contributed by atoms with Gasteiger partial charge in [0, 0.05) is 30.5 Å². The van der Waals surface area contributed by atoms with Crippen LogP contribution in [0, 0.1) is 36.5 Å². The Hall–Kier alpha value is -2.75. The lowest BCUT2D eigenvalue weighted by molar-refractivity contribution is -0.144. The zero-order valence-corrected chi connectivity index (χ0v) is 18.2. The molecule has 0 spiro atoms. The zero-order valence-electron chi connectivity index (χ0n) is 18.2. The van der Waals surface area contributed by atoms with Gasteiger partial charge in [-0.1, -0.05) is 42.0 Å². The Bertz CT molecular complexity index is 1030. The second-order valence-electron chi connectivity index (χ2n) is 9.54. The summed E-state index contributed by atoms with van der Waals surface area (Å²) >= 11 is 0. The number of hydrogen-bond donors (Lipinski definition) is 0. The highest BCUT2D eigenvalue weighted by molar-refractivity contribution is 5.80. The van der Waals surface area contributed by atoms with Crippen molar-refractivity contribution >= 4 is 17.8 Å². The maximum absolute atomic E-state index is 12.4. The van der Waals surface area contributed by atoms with Crippen LogP contribution in [0.4, 0.5) is 0 Å². The summed E-state index contributed by atoms with van der Waals surface area (Å²) in [6.07, 6.45) is 9.19. The first-order chi connectivity index (χ1) is 15.0. The van der Waals surface area contributed by atoms with Crippen LogP contribution < -0.4 is 0 Å². The van der Waals surface area contributed by atoms with E-state index in [1.807, 2.05) is 13.1 Å². The van der Waals surface area contributed by atoms with Crippen molar-refractivity contribution in [1.82, 2.24) is 4.98 Å². The number of allylic oxidation sites excluding steroid dienone is 1. The van der Waals surface area contributed by atoms with Crippen LogP contribution in [-0.2, 0) is 14.3 Å². The van der Waals surface area contributed by atoms with Crippen LogP contribution in [0.3, 0.4) is 0 Å². The summed E-state index contributed by atoms with van der Waals surface area (Å²) in [6.45, 7) is 4.11. The van der Waals surface area contributed by atoms with Crippen LogP contribution in [0.2, 0.25) is 0 Å². The van der Waals surface area contributed by atoms with Gasteiger partial charge in [0.1, 0.15) is 11.9 Å². The van der Waals surface area contributed by atoms with Gasteiger partial charge in [-0.15, -0.1) is 0 Å². The summed E-state index contributed by atoms with van der Waals surface area (Å²) in [7, 11) is 0. The summed E-state index contributed by atoms with van der Waals surface area (Å²) in [5, 5.41) is 0. The van der Waals surface area contributed by atoms with Gasteiger partial charge in [-0.25, -0.2) is 0 Å². The third-order valence-electron chi connectivity index (χ3n) is 7.59. The quantitative estimate of drug-likeness (QED) is 0.642. The number of aromatic nitrogens is 1. The highest BCUT2D eigenvalue weighted by atomic mass is 16.6. The van der Waals surface area contributed by atoms with E-state index in [2.05, 4.69) is 60.5 Å². The number of esters is 1. The van der Waals surface area contributed by atoms with Crippen molar-refractivity contribution in [2.75, 3.05) is 0 Å². The number of cyclic esters (lactones) is 1. The molecule has 2 saturated carbocycles. The Morgan fingerprint density at radius 1 is 1.13 bits per heavy atom. The van der Waals surface area contributed by atoms with E-state index in [4.69, 9.17) is 4.74 Å². The third-order valence-corrected chi connectivity index (χ3v) is 7.59. The topological polar surface area (TPSA) is 56.3 Å². The van der Waals surface area contributed by atoms with Crippen LogP contribution in [0.15, 0.2) is 48.7 Å². The number of ether oxygens (including phenoxy) is 1. The minimum atomic E-state index is -0.0759. The molecule has 1 aromatic carbocycles. The highest BCUT2D eigenvalue weighted by Crippen LogP contribution is 2.53. The van der Waals surface area contributed by atoms with E-state index in [1.165, 1.54) is 11.1 Å². The van der Waals surface area contributed by atoms with E-state index in [0.29, 0.717) is 30.5 Å². The normalized spacial score (nSPS) is 32.6. The Morgan fingerprint density at radius 2 is 2.00 bits per heavy atom. The first-order valence-corrected chi connectivity index (χ1v) is 11.4. The van der Waals surface area contributed by atoms with Gasteiger partial charge >= 0.3 is 5.97 Å². The molecule has 1 saturated heterocycles. The molecule has 3 aliphatic rings. The summed E-state index contributed by atoms with van der Waals surface area (Å²) in [4.78, 5) is 29.2. The molecule has 160 valence electrons. The molecule has 0 radical (unpaired) electrons. The molecule has 5 rings (SSSR count). The molecule has 3 fully saturated rings. The summed E-state index contributed by atoms with van der Waals surface area (Å²) in [6, 6.07) is 12.6. The summed E-state index contributed by atoms with van der Waals surface area (Å²) in [5.41, 5.74) is 4.42. The largest absolute Gasteiger partial charge is 0.462 e. The fourth-order valence-corrected chi connectivity index (χ4v) is 6.13. The number of pyridine rings is 1. The van der Waals surface area contributed by atoms with E-state index < -0.39 is 0 Å². The SMILES string of the molecule is Cc1cccc(-c2ccc(/C=C/[C@H]3[C@@H]4CCC(=O)C[C@H]4C[C@H]4C(=O)O[C@H](C)[C@@H]34)nc2)c1. The fraction of sp³-hybridized carbons (Fsp3) is 0.444. The Kier molecular flexibility index (Phi) is 5.25. The first kappa shape index (κ1) is 20.2. The lowest BCUT2D eigenvalue weighted by Gasteiger charge is -2.45. The summed E-state index contributed by atoms with van der Waals surface area (Å²) < 4.78 is 5.62. The van der Waals surface area contributed by atoms with Crippen LogP contribution in [0.1, 0.15) is 43.9 Å². The van der Waals surface area contributed by atoms with Gasteiger partial charge in [-0.05, 0) is 62.1 Å². The van der Waals surface area contributed by atoms with E-state index in [1.54, 1.807) is 0 Å². The second-order valence-corrected chi connectivity index (χ2v) is 9.54. The number of carbonyl (C=O) groups excluding carboxylic acids is 2. The lowest BCUT2D eigenvalue weighted by Crippen LogP contribution is -2.44. The van der Waals surface area contributed by atoms with Gasteiger partial charge in [-0.3, -0.25) is 14.6 Å². The molecular weight excluding hydrogens is 386 g/mol. The molecule has 2 aromatic rings. The molecule has 2 heterocycles. The van der Waals surface area contributed by atoms with E-state index in [0.717, 1.165) is 24.1 Å². The number of aryl methyl sites for hydroxylation is 1. The number of benzene rings is 1. The van der Waals surface area contributed by atoms with Crippen LogP contribution >= 0.6 is 0 Å². The smallest absolute Gasteiger partial charge is 0.309 e. The highest BCUT2D eigenvalue weighted by Gasteiger charge is 2.54. The molecule has 2 aliphatic carbocycles. The van der Waals surface area contributed by atoms with Crippen molar-refractivity contribution in [3.63, 3.8) is 0 Å². The van der Waals surface area contributed by atoms with Crippen LogP contribution in [-0.4, -0.2) is 22.8 Å². The van der Waals surface area contributed by atoms with Gasteiger partial charge in [0.25, 0.3) is 0 Å². The second kappa shape index (κ2) is 8.07. The number of fused-ring (bicyclic) bond motifs is 2. The van der Waals surface area contributed by atoms with Gasteiger partial charge < -0.3 is 4.74 Å². The molecule has 0 unspecified atom stereocenters. The Balaban J connectivity index is 1.40. The van der Waals surface area contributed by atoms with Crippen molar-refractivity contribution in [1.29, 1.82) is 0 Å². The average molecular weight is 416 g/mol. The Labute approximate surface area is 183 Å². The van der Waals surface area contributed by atoms with Crippen molar-refractivity contribution in [3.05, 3.63) is 59.9 Å². The molecule has 1 aromatic heterocycles. The number of Topliss-reactive ketones (excluding diaryl/α,β-unsaturated/α-hetero) is 1. The fourth-order valence-electron chi connectivity index (χ4n) is 6.13. The lowest BCUT2D eigenvalue weighted by atomic mass is 9.57. The van der Waals surface area contributed by atoms with E-state index >= 15 is 0 Å². The van der Waals surface area contributed by atoms with Gasteiger partial charge in [0.05, 0.1) is 11.6 Å². The Morgan fingerprint density at radius 3 is 2.77 bits per heavy atom. The number of hydrogen-bond acceptors (Lipinski definition) is 4. The molecule has 0 bridgehead atoms. The van der Waals surface area contributed by atoms with Crippen LogP contribution in [0.5, 0.6) is 0 Å².